The Balaban J connectivity index is 3.25. The first-order chi connectivity index (χ1) is 8.82. The second kappa shape index (κ2) is 6.25. The van der Waals surface area contributed by atoms with Gasteiger partial charge in [-0.05, 0) is 29.7 Å². The first kappa shape index (κ1) is 15.8. The van der Waals surface area contributed by atoms with Crippen LogP contribution >= 0.6 is 0 Å². The molecule has 1 aromatic carbocycles. The van der Waals surface area contributed by atoms with Crippen molar-refractivity contribution in [1.29, 1.82) is 0 Å². The molecular formula is C13H20O5S. The molecule has 1 rings (SSSR count). The summed E-state index contributed by atoms with van der Waals surface area (Å²) < 4.78 is 32.9. The van der Waals surface area contributed by atoms with E-state index in [1.54, 1.807) is 12.1 Å². The number of sulfone groups is 1. The number of rotatable bonds is 6. The zero-order chi connectivity index (χ0) is 14.6. The van der Waals surface area contributed by atoms with Crippen LogP contribution in [0.4, 0.5) is 0 Å². The summed E-state index contributed by atoms with van der Waals surface area (Å²) in [5.41, 5.74) is 1.40. The Labute approximate surface area is 114 Å². The smallest absolute Gasteiger partial charge is 0.161 e. The molecule has 0 aromatic heterocycles. The van der Waals surface area contributed by atoms with Crippen LogP contribution < -0.4 is 9.47 Å². The fourth-order valence-corrected chi connectivity index (χ4v) is 2.68. The molecular weight excluding hydrogens is 268 g/mol. The third-order valence-corrected chi connectivity index (χ3v) is 3.77. The molecule has 19 heavy (non-hydrogen) atoms. The number of methoxy groups -OCH3 is 2. The summed E-state index contributed by atoms with van der Waals surface area (Å²) in [5, 5.41) is 10.1. The van der Waals surface area contributed by atoms with Crippen molar-refractivity contribution in [3.63, 3.8) is 0 Å². The quantitative estimate of drug-likeness (QED) is 0.855. The first-order valence-electron chi connectivity index (χ1n) is 5.93. The van der Waals surface area contributed by atoms with E-state index >= 15 is 0 Å². The van der Waals surface area contributed by atoms with Crippen LogP contribution in [0.1, 0.15) is 24.2 Å². The summed E-state index contributed by atoms with van der Waals surface area (Å²) in [6, 6.07) is 3.40. The highest BCUT2D eigenvalue weighted by Gasteiger charge is 2.20. The lowest BCUT2D eigenvalue weighted by Crippen LogP contribution is -2.14. The van der Waals surface area contributed by atoms with Gasteiger partial charge in [0.1, 0.15) is 9.84 Å². The minimum atomic E-state index is -3.25. The van der Waals surface area contributed by atoms with Gasteiger partial charge < -0.3 is 14.6 Å². The average Bonchev–Trinajstić information content (AvgIpc) is 2.34. The molecule has 0 aliphatic heterocycles. The van der Waals surface area contributed by atoms with Crippen molar-refractivity contribution in [2.24, 2.45) is 0 Å². The summed E-state index contributed by atoms with van der Waals surface area (Å²) in [7, 11) is -0.226. The maximum absolute atomic E-state index is 11.3. The molecule has 0 saturated heterocycles. The summed E-state index contributed by atoms with van der Waals surface area (Å²) in [4.78, 5) is 0. The molecule has 6 heteroatoms. The van der Waals surface area contributed by atoms with Gasteiger partial charge in [0.05, 0.1) is 26.1 Å². The zero-order valence-corrected chi connectivity index (χ0v) is 12.5. The van der Waals surface area contributed by atoms with Gasteiger partial charge in [-0.15, -0.1) is 0 Å². The average molecular weight is 288 g/mol. The molecule has 5 nitrogen and oxygen atoms in total. The van der Waals surface area contributed by atoms with Crippen LogP contribution in [0.3, 0.4) is 0 Å². The standard InChI is InChI=1S/C13H20O5S/c1-5-9-6-12(17-2)13(18-3)7-10(9)11(14)8-19(4,15)16/h6-7,11,14H,5,8H2,1-4H3. The van der Waals surface area contributed by atoms with Crippen LogP contribution in [0.5, 0.6) is 11.5 Å². The Morgan fingerprint density at radius 3 is 2.16 bits per heavy atom. The third-order valence-electron chi connectivity index (χ3n) is 2.85. The summed E-state index contributed by atoms with van der Waals surface area (Å²) in [6.07, 6.45) is 0.698. The van der Waals surface area contributed by atoms with E-state index in [-0.39, 0.29) is 5.75 Å². The summed E-state index contributed by atoms with van der Waals surface area (Å²) in [5.74, 6) is 0.729. The molecule has 1 aromatic rings. The lowest BCUT2D eigenvalue weighted by molar-refractivity contribution is 0.200. The van der Waals surface area contributed by atoms with Gasteiger partial charge in [-0.2, -0.15) is 0 Å². The van der Waals surface area contributed by atoms with Crippen LogP contribution in [0.2, 0.25) is 0 Å². The van der Waals surface area contributed by atoms with E-state index in [1.165, 1.54) is 14.2 Å². The number of aliphatic hydroxyl groups excluding tert-OH is 1. The number of hydrogen-bond acceptors (Lipinski definition) is 5. The number of ether oxygens (including phenoxy) is 2. The number of aliphatic hydroxyl groups is 1. The molecule has 1 N–H and O–H groups in total. The van der Waals surface area contributed by atoms with Crippen molar-refractivity contribution in [2.75, 3.05) is 26.2 Å². The molecule has 0 radical (unpaired) electrons. The van der Waals surface area contributed by atoms with Crippen LogP contribution in [0.25, 0.3) is 0 Å². The van der Waals surface area contributed by atoms with Gasteiger partial charge >= 0.3 is 0 Å². The van der Waals surface area contributed by atoms with Gasteiger partial charge in [0.25, 0.3) is 0 Å². The molecule has 0 bridgehead atoms. The fourth-order valence-electron chi connectivity index (χ4n) is 1.93. The number of hydrogen-bond donors (Lipinski definition) is 1. The first-order valence-corrected chi connectivity index (χ1v) is 7.99. The Kier molecular flexibility index (Phi) is 5.20. The Morgan fingerprint density at radius 2 is 1.74 bits per heavy atom. The monoisotopic (exact) mass is 288 g/mol. The largest absolute Gasteiger partial charge is 0.493 e. The SMILES string of the molecule is CCc1cc(OC)c(OC)cc1C(O)CS(C)(=O)=O. The van der Waals surface area contributed by atoms with Crippen molar-refractivity contribution in [2.45, 2.75) is 19.4 Å². The van der Waals surface area contributed by atoms with Crippen LogP contribution in [-0.2, 0) is 16.3 Å². The molecule has 0 aliphatic rings. The second-order valence-electron chi connectivity index (χ2n) is 4.37. The molecule has 0 saturated carbocycles. The normalized spacial score (nSPS) is 13.1. The van der Waals surface area contributed by atoms with Crippen molar-refractivity contribution < 1.29 is 23.0 Å². The topological polar surface area (TPSA) is 72.8 Å². The van der Waals surface area contributed by atoms with Gasteiger partial charge in [0, 0.05) is 6.26 Å². The minimum Gasteiger partial charge on any atom is -0.493 e. The predicted molar refractivity (Wildman–Crippen MR) is 73.6 cm³/mol. The highest BCUT2D eigenvalue weighted by atomic mass is 32.2. The van der Waals surface area contributed by atoms with Gasteiger partial charge in [-0.1, -0.05) is 6.92 Å². The van der Waals surface area contributed by atoms with Crippen molar-refractivity contribution in [1.82, 2.24) is 0 Å². The van der Waals surface area contributed by atoms with Gasteiger partial charge in [-0.3, -0.25) is 0 Å². The van der Waals surface area contributed by atoms with E-state index in [1.807, 2.05) is 6.92 Å². The van der Waals surface area contributed by atoms with E-state index in [4.69, 9.17) is 9.47 Å². The highest BCUT2D eigenvalue weighted by Crippen LogP contribution is 2.33. The molecule has 0 aliphatic carbocycles. The summed E-state index contributed by atoms with van der Waals surface area (Å²) in [6.45, 7) is 1.93. The summed E-state index contributed by atoms with van der Waals surface area (Å²) >= 11 is 0. The Morgan fingerprint density at radius 1 is 1.21 bits per heavy atom. The van der Waals surface area contributed by atoms with E-state index in [0.717, 1.165) is 11.8 Å². The minimum absolute atomic E-state index is 0.310. The van der Waals surface area contributed by atoms with Crippen LogP contribution in [0, 0.1) is 0 Å². The molecule has 0 fully saturated rings. The number of aryl methyl sites for hydroxylation is 1. The fraction of sp³-hybridized carbons (Fsp3) is 0.538. The van der Waals surface area contributed by atoms with Gasteiger partial charge in [0.15, 0.2) is 11.5 Å². The van der Waals surface area contributed by atoms with Crippen LogP contribution in [0.15, 0.2) is 12.1 Å². The van der Waals surface area contributed by atoms with E-state index in [0.29, 0.717) is 23.5 Å². The Bertz CT molecular complexity index is 536. The Hall–Kier alpha value is -1.27. The molecule has 0 spiro atoms. The molecule has 108 valence electrons. The predicted octanol–water partition coefficient (Wildman–Crippen LogP) is 1.34. The maximum Gasteiger partial charge on any atom is 0.161 e. The third kappa shape index (κ3) is 4.11. The lowest BCUT2D eigenvalue weighted by Gasteiger charge is -2.17. The zero-order valence-electron chi connectivity index (χ0n) is 11.6. The van der Waals surface area contributed by atoms with E-state index < -0.39 is 15.9 Å². The van der Waals surface area contributed by atoms with Crippen molar-refractivity contribution >= 4 is 9.84 Å². The van der Waals surface area contributed by atoms with E-state index in [9.17, 15) is 13.5 Å². The molecule has 1 atom stereocenters. The van der Waals surface area contributed by atoms with Gasteiger partial charge in [-0.25, -0.2) is 8.42 Å². The maximum atomic E-state index is 11.3. The van der Waals surface area contributed by atoms with Crippen LogP contribution in [-0.4, -0.2) is 39.8 Å². The molecule has 0 amide bonds. The van der Waals surface area contributed by atoms with Gasteiger partial charge in [0.2, 0.25) is 0 Å². The highest BCUT2D eigenvalue weighted by molar-refractivity contribution is 7.90. The van der Waals surface area contributed by atoms with E-state index in [2.05, 4.69) is 0 Å². The number of benzene rings is 1. The lowest BCUT2D eigenvalue weighted by atomic mass is 10.00. The molecule has 1 unspecified atom stereocenters. The molecule has 0 heterocycles. The van der Waals surface area contributed by atoms with Crippen molar-refractivity contribution in [3.05, 3.63) is 23.3 Å². The van der Waals surface area contributed by atoms with Crippen molar-refractivity contribution in [3.8, 4) is 11.5 Å². The second-order valence-corrected chi connectivity index (χ2v) is 6.55.